The summed E-state index contributed by atoms with van der Waals surface area (Å²) in [5, 5.41) is 1.89. The summed E-state index contributed by atoms with van der Waals surface area (Å²) in [5.74, 6) is 0.787. The Hall–Kier alpha value is -5.72. The van der Waals surface area contributed by atoms with Gasteiger partial charge in [0.15, 0.2) is 23.1 Å². The first kappa shape index (κ1) is 35.1. The Bertz CT molecular complexity index is 2020. The van der Waals surface area contributed by atoms with Gasteiger partial charge in [0.1, 0.15) is 19.0 Å². The van der Waals surface area contributed by atoms with E-state index in [1.54, 1.807) is 24.3 Å². The van der Waals surface area contributed by atoms with Gasteiger partial charge in [-0.1, -0.05) is 154 Å². The molecule has 0 aliphatic rings. The van der Waals surface area contributed by atoms with Crippen molar-refractivity contribution in [3.05, 3.63) is 186 Å². The second-order valence-electron chi connectivity index (χ2n) is 13.5. The molecule has 0 fully saturated rings. The molecule has 51 heavy (non-hydrogen) atoms. The van der Waals surface area contributed by atoms with Gasteiger partial charge in [-0.25, -0.2) is 0 Å². The van der Waals surface area contributed by atoms with Gasteiger partial charge < -0.3 is 13.9 Å². The quantitative estimate of drug-likeness (QED) is 0.0648. The number of hydrogen-bond acceptors (Lipinski definition) is 5. The number of Topliss-reactive ketones (excluding diaryl/α,β-unsaturated/α-hetero) is 2. The van der Waals surface area contributed by atoms with E-state index in [4.69, 9.17) is 13.9 Å². The Morgan fingerprint density at radius 1 is 0.510 bits per heavy atom. The van der Waals surface area contributed by atoms with Gasteiger partial charge in [0, 0.05) is 5.56 Å². The minimum Gasteiger partial charge on any atom is -0.533 e. The molecule has 0 spiro atoms. The minimum atomic E-state index is -3.02. The number of benzene rings is 6. The molecule has 0 atom stereocenters. The predicted octanol–water partition coefficient (Wildman–Crippen LogP) is 9.24. The van der Waals surface area contributed by atoms with E-state index >= 15 is 0 Å². The van der Waals surface area contributed by atoms with Crippen LogP contribution in [0.3, 0.4) is 0 Å². The second kappa shape index (κ2) is 15.9. The minimum absolute atomic E-state index is 0.298. The first-order valence-electron chi connectivity index (χ1n) is 17.2. The third-order valence-electron chi connectivity index (χ3n) is 8.93. The van der Waals surface area contributed by atoms with Crippen molar-refractivity contribution < 1.29 is 23.5 Å². The van der Waals surface area contributed by atoms with Crippen LogP contribution in [0.25, 0.3) is 0 Å². The van der Waals surface area contributed by atoms with Crippen LogP contribution in [0, 0.1) is 0 Å². The lowest BCUT2D eigenvalue weighted by Crippen LogP contribution is -2.69. The molecule has 6 aromatic carbocycles. The Kier molecular flexibility index (Phi) is 10.9. The van der Waals surface area contributed by atoms with Gasteiger partial charge in [0.2, 0.25) is 0 Å². The first-order chi connectivity index (χ1) is 24.7. The molecule has 0 amide bonds. The number of rotatable bonds is 14. The molecule has 0 saturated carbocycles. The third kappa shape index (κ3) is 8.19. The van der Waals surface area contributed by atoms with Crippen molar-refractivity contribution in [2.75, 3.05) is 0 Å². The van der Waals surface area contributed by atoms with Gasteiger partial charge in [-0.15, -0.1) is 0 Å². The number of carbonyl (C=O) groups excluding carboxylic acids is 2. The summed E-state index contributed by atoms with van der Waals surface area (Å²) in [6, 6.07) is 52.6. The fourth-order valence-corrected chi connectivity index (χ4v) is 10.8. The molecule has 6 aromatic rings. The molecular formula is C45H42O5Si. The van der Waals surface area contributed by atoms with Crippen molar-refractivity contribution >= 4 is 30.3 Å². The lowest BCUT2D eigenvalue weighted by atomic mass is 10.0. The number of ether oxygens (including phenoxy) is 2. The van der Waals surface area contributed by atoms with Crippen molar-refractivity contribution in [1.29, 1.82) is 0 Å². The van der Waals surface area contributed by atoms with Crippen LogP contribution in [0.5, 0.6) is 17.2 Å². The van der Waals surface area contributed by atoms with Crippen LogP contribution in [-0.4, -0.2) is 19.9 Å². The van der Waals surface area contributed by atoms with E-state index in [0.29, 0.717) is 41.6 Å². The highest BCUT2D eigenvalue weighted by molar-refractivity contribution is 7.00. The van der Waals surface area contributed by atoms with Gasteiger partial charge in [0.25, 0.3) is 0 Å². The Morgan fingerprint density at radius 2 is 0.980 bits per heavy atom. The highest BCUT2D eigenvalue weighted by Crippen LogP contribution is 2.39. The fraction of sp³-hybridized carbons (Fsp3) is 0.156. The maximum atomic E-state index is 14.0. The van der Waals surface area contributed by atoms with E-state index in [1.807, 2.05) is 115 Å². The molecule has 0 saturated heterocycles. The Balaban J connectivity index is 1.28. The zero-order chi connectivity index (χ0) is 35.7. The summed E-state index contributed by atoms with van der Waals surface area (Å²) in [6.45, 7) is 7.22. The van der Waals surface area contributed by atoms with Crippen LogP contribution in [0.1, 0.15) is 59.0 Å². The van der Waals surface area contributed by atoms with Crippen molar-refractivity contribution in [3.8, 4) is 17.2 Å². The van der Waals surface area contributed by atoms with Crippen LogP contribution >= 0.6 is 0 Å². The normalized spacial score (nSPS) is 11.4. The van der Waals surface area contributed by atoms with E-state index in [-0.39, 0.29) is 23.0 Å². The second-order valence-corrected chi connectivity index (χ2v) is 17.7. The largest absolute Gasteiger partial charge is 0.533 e. The SMILES string of the molecule is CC(C)(C)[Si](Oc1ccccc1C(=O)CC(=O)c1ccc(OCc2ccccc2)c(OCc2ccccc2)c1)(c1ccccc1)c1ccccc1. The number of carbonyl (C=O) groups is 2. The summed E-state index contributed by atoms with van der Waals surface area (Å²) >= 11 is 0. The Morgan fingerprint density at radius 3 is 1.51 bits per heavy atom. The first-order valence-corrected chi connectivity index (χ1v) is 19.1. The molecular weight excluding hydrogens is 649 g/mol. The molecule has 0 bridgehead atoms. The molecule has 0 aromatic heterocycles. The molecule has 0 unspecified atom stereocenters. The van der Waals surface area contributed by atoms with Crippen LogP contribution in [-0.2, 0) is 13.2 Å². The van der Waals surface area contributed by atoms with E-state index in [9.17, 15) is 9.59 Å². The van der Waals surface area contributed by atoms with E-state index in [2.05, 4.69) is 45.0 Å². The molecule has 256 valence electrons. The number of para-hydroxylation sites is 1. The summed E-state index contributed by atoms with van der Waals surface area (Å²) in [4.78, 5) is 27.8. The van der Waals surface area contributed by atoms with Crippen molar-refractivity contribution in [3.63, 3.8) is 0 Å². The zero-order valence-electron chi connectivity index (χ0n) is 29.3. The molecule has 0 radical (unpaired) electrons. The molecule has 0 N–H and O–H groups in total. The van der Waals surface area contributed by atoms with Crippen LogP contribution in [0.15, 0.2) is 164 Å². The van der Waals surface area contributed by atoms with E-state index in [1.165, 1.54) is 0 Å². The summed E-state index contributed by atoms with van der Waals surface area (Å²) in [5.41, 5.74) is 2.73. The van der Waals surface area contributed by atoms with Gasteiger partial charge in [0.05, 0.1) is 12.0 Å². The van der Waals surface area contributed by atoms with Gasteiger partial charge in [-0.2, -0.15) is 0 Å². The predicted molar refractivity (Wildman–Crippen MR) is 206 cm³/mol. The summed E-state index contributed by atoms with van der Waals surface area (Å²) in [6.07, 6.45) is -0.330. The van der Waals surface area contributed by atoms with Crippen molar-refractivity contribution in [2.24, 2.45) is 0 Å². The average molecular weight is 691 g/mol. The maximum Gasteiger partial charge on any atom is 0.319 e. The maximum absolute atomic E-state index is 14.0. The molecule has 0 aliphatic heterocycles. The van der Waals surface area contributed by atoms with E-state index in [0.717, 1.165) is 21.5 Å². The van der Waals surface area contributed by atoms with Gasteiger partial charge in [-0.3, -0.25) is 9.59 Å². The topological polar surface area (TPSA) is 61.8 Å². The molecule has 5 nitrogen and oxygen atoms in total. The van der Waals surface area contributed by atoms with Crippen LogP contribution < -0.4 is 24.3 Å². The highest BCUT2D eigenvalue weighted by Gasteiger charge is 2.52. The summed E-state index contributed by atoms with van der Waals surface area (Å²) < 4.78 is 19.6. The highest BCUT2D eigenvalue weighted by atomic mass is 28.4. The van der Waals surface area contributed by atoms with E-state index < -0.39 is 8.32 Å². The summed E-state index contributed by atoms with van der Waals surface area (Å²) in [7, 11) is -3.02. The lowest BCUT2D eigenvalue weighted by Gasteiger charge is -2.43. The van der Waals surface area contributed by atoms with Crippen LogP contribution in [0.4, 0.5) is 0 Å². The lowest BCUT2D eigenvalue weighted by molar-refractivity contribution is 0.0893. The molecule has 0 heterocycles. The Labute approximate surface area is 301 Å². The van der Waals surface area contributed by atoms with Crippen LogP contribution in [0.2, 0.25) is 5.04 Å². The standard InChI is InChI=1S/C45H42O5Si/c1-45(2,3)51(37-22-12-6-13-23-37,38-24-14-7-15-25-38)50-42-27-17-16-26-39(42)41(47)31-40(46)36-28-29-43(48-32-34-18-8-4-9-19-34)44(30-36)49-33-35-20-10-5-11-21-35/h4-30H,31-33H2,1-3H3. The average Bonchev–Trinajstić information content (AvgIpc) is 3.16. The fourth-order valence-electron chi connectivity index (χ4n) is 6.33. The van der Waals surface area contributed by atoms with Crippen molar-refractivity contribution in [1.82, 2.24) is 0 Å². The monoisotopic (exact) mass is 690 g/mol. The molecule has 6 heteroatoms. The zero-order valence-corrected chi connectivity index (χ0v) is 30.3. The smallest absolute Gasteiger partial charge is 0.319 e. The van der Waals surface area contributed by atoms with Gasteiger partial charge >= 0.3 is 8.32 Å². The number of ketones is 2. The third-order valence-corrected chi connectivity index (χ3v) is 13.9. The van der Waals surface area contributed by atoms with Gasteiger partial charge in [-0.05, 0) is 56.9 Å². The van der Waals surface area contributed by atoms with Crippen molar-refractivity contribution in [2.45, 2.75) is 45.4 Å². The number of hydrogen-bond donors (Lipinski definition) is 0. The molecule has 0 aliphatic carbocycles. The molecule has 6 rings (SSSR count).